The molecule has 8 nitrogen and oxygen atoms in total. The van der Waals surface area contributed by atoms with Gasteiger partial charge in [-0.3, -0.25) is 19.4 Å². The maximum absolute atomic E-state index is 12.9. The molecule has 0 fully saturated rings. The zero-order chi connectivity index (χ0) is 21.8. The Morgan fingerprint density at radius 3 is 2.53 bits per heavy atom. The van der Waals surface area contributed by atoms with Crippen molar-refractivity contribution < 1.29 is 14.3 Å². The van der Waals surface area contributed by atoms with Crippen LogP contribution in [0.4, 0.5) is 0 Å². The lowest BCUT2D eigenvalue weighted by Crippen LogP contribution is -2.30. The zero-order valence-corrected chi connectivity index (χ0v) is 18.5. The number of methoxy groups -OCH3 is 2. The van der Waals surface area contributed by atoms with Crippen LogP contribution in [0.3, 0.4) is 0 Å². The smallest absolute Gasteiger partial charge is 0.242 e. The second-order valence-corrected chi connectivity index (χ2v) is 7.35. The first-order valence-corrected chi connectivity index (χ1v) is 9.79. The largest absolute Gasteiger partial charge is 0.497 e. The summed E-state index contributed by atoms with van der Waals surface area (Å²) in [6.07, 6.45) is 1.76. The number of nitrogens with one attached hydrogen (secondary N) is 1. The number of ether oxygens (including phenoxy) is 2. The Bertz CT molecular complexity index is 1100. The fourth-order valence-electron chi connectivity index (χ4n) is 3.22. The summed E-state index contributed by atoms with van der Waals surface area (Å²) in [4.78, 5) is 19.0. The number of hydrogen-bond donors (Lipinski definition) is 1. The van der Waals surface area contributed by atoms with Gasteiger partial charge in [0, 0.05) is 29.9 Å². The molecule has 158 valence electrons. The molecule has 0 bridgehead atoms. The summed E-state index contributed by atoms with van der Waals surface area (Å²) in [5, 5.41) is 7.06. The molecule has 0 saturated carbocycles. The molecule has 2 aromatic heterocycles. The van der Waals surface area contributed by atoms with E-state index in [9.17, 15) is 4.79 Å². The number of amides is 1. The quantitative estimate of drug-likeness (QED) is 0.583. The first-order chi connectivity index (χ1) is 14.3. The summed E-state index contributed by atoms with van der Waals surface area (Å²) in [5.74, 6) is 2.02. The molecule has 1 amide bonds. The van der Waals surface area contributed by atoms with Crippen LogP contribution >= 0.6 is 12.2 Å². The summed E-state index contributed by atoms with van der Waals surface area (Å²) >= 11 is 5.34. The first-order valence-electron chi connectivity index (χ1n) is 9.38. The van der Waals surface area contributed by atoms with Gasteiger partial charge in [-0.1, -0.05) is 0 Å². The van der Waals surface area contributed by atoms with Crippen molar-refractivity contribution in [2.45, 2.75) is 26.9 Å². The van der Waals surface area contributed by atoms with E-state index in [1.54, 1.807) is 36.9 Å². The number of carbonyl (C=O) groups excluding carboxylic acids is 1. The van der Waals surface area contributed by atoms with Crippen LogP contribution in [0.1, 0.15) is 16.8 Å². The van der Waals surface area contributed by atoms with Crippen molar-refractivity contribution in [3.05, 3.63) is 52.1 Å². The minimum Gasteiger partial charge on any atom is -0.497 e. The van der Waals surface area contributed by atoms with Gasteiger partial charge in [0.25, 0.3) is 0 Å². The summed E-state index contributed by atoms with van der Waals surface area (Å²) in [6.45, 7) is 4.32. The molecule has 9 heteroatoms. The van der Waals surface area contributed by atoms with Crippen LogP contribution in [0.25, 0.3) is 11.4 Å². The summed E-state index contributed by atoms with van der Waals surface area (Å²) in [5.41, 5.74) is 3.51. The fourth-order valence-corrected chi connectivity index (χ4v) is 3.42. The molecule has 0 aliphatic rings. The molecule has 30 heavy (non-hydrogen) atoms. The van der Waals surface area contributed by atoms with E-state index in [4.69, 9.17) is 21.7 Å². The predicted octanol–water partition coefficient (Wildman–Crippen LogP) is 3.30. The number of H-pyrrole nitrogens is 1. The highest BCUT2D eigenvalue weighted by Gasteiger charge is 2.18. The number of pyridine rings is 1. The molecule has 0 aliphatic heterocycles. The van der Waals surface area contributed by atoms with E-state index in [2.05, 4.69) is 15.2 Å². The van der Waals surface area contributed by atoms with E-state index < -0.39 is 0 Å². The highest BCUT2D eigenvalue weighted by atomic mass is 32.1. The molecule has 0 unspecified atom stereocenters. The number of aryl methyl sites for hydroxylation is 1. The standard InChI is InChI=1S/C21H25N5O3S/c1-13-10-22-17(14(2)19(13)29-5)11-25(3)18(27)12-26-20(23-24-21(26)30)15-6-8-16(28-4)9-7-15/h6-10H,11-12H2,1-5H3,(H,24,30). The van der Waals surface area contributed by atoms with Crippen LogP contribution in [0.5, 0.6) is 11.5 Å². The number of rotatable bonds is 7. The normalized spacial score (nSPS) is 10.7. The van der Waals surface area contributed by atoms with E-state index in [0.717, 1.165) is 33.9 Å². The van der Waals surface area contributed by atoms with Crippen molar-refractivity contribution in [2.75, 3.05) is 21.3 Å². The highest BCUT2D eigenvalue weighted by molar-refractivity contribution is 7.71. The topological polar surface area (TPSA) is 85.3 Å². The number of benzene rings is 1. The molecule has 0 saturated heterocycles. The average Bonchev–Trinajstić information content (AvgIpc) is 3.10. The summed E-state index contributed by atoms with van der Waals surface area (Å²) in [6, 6.07) is 7.43. The maximum Gasteiger partial charge on any atom is 0.242 e. The Balaban J connectivity index is 1.79. The van der Waals surface area contributed by atoms with Crippen LogP contribution in [-0.2, 0) is 17.9 Å². The number of nitrogens with zero attached hydrogens (tertiary/aromatic N) is 4. The van der Waals surface area contributed by atoms with Gasteiger partial charge in [0.15, 0.2) is 10.6 Å². The van der Waals surface area contributed by atoms with Crippen LogP contribution in [-0.4, -0.2) is 51.8 Å². The Hall–Kier alpha value is -3.20. The second-order valence-electron chi connectivity index (χ2n) is 6.96. The predicted molar refractivity (Wildman–Crippen MR) is 116 cm³/mol. The highest BCUT2D eigenvalue weighted by Crippen LogP contribution is 2.25. The van der Waals surface area contributed by atoms with E-state index in [1.165, 1.54) is 0 Å². The van der Waals surface area contributed by atoms with Gasteiger partial charge in [-0.15, -0.1) is 0 Å². The summed E-state index contributed by atoms with van der Waals surface area (Å²) < 4.78 is 12.7. The lowest BCUT2D eigenvalue weighted by Gasteiger charge is -2.20. The second kappa shape index (κ2) is 9.08. The third-order valence-electron chi connectivity index (χ3n) is 4.96. The molecule has 3 rings (SSSR count). The number of hydrogen-bond acceptors (Lipinski definition) is 6. The molecule has 0 spiro atoms. The van der Waals surface area contributed by atoms with Gasteiger partial charge in [0.05, 0.1) is 26.5 Å². The molecule has 0 radical (unpaired) electrons. The Morgan fingerprint density at radius 2 is 1.90 bits per heavy atom. The van der Waals surface area contributed by atoms with Crippen molar-refractivity contribution in [3.63, 3.8) is 0 Å². The molecule has 0 aliphatic carbocycles. The van der Waals surface area contributed by atoms with Crippen molar-refractivity contribution in [2.24, 2.45) is 0 Å². The first kappa shape index (κ1) is 21.5. The van der Waals surface area contributed by atoms with E-state index >= 15 is 0 Å². The average molecular weight is 428 g/mol. The van der Waals surface area contributed by atoms with Crippen molar-refractivity contribution >= 4 is 18.1 Å². The third kappa shape index (κ3) is 4.35. The minimum absolute atomic E-state index is 0.0647. The lowest BCUT2D eigenvalue weighted by molar-refractivity contribution is -0.131. The van der Waals surface area contributed by atoms with Gasteiger partial charge in [-0.25, -0.2) is 0 Å². The van der Waals surface area contributed by atoms with E-state index in [0.29, 0.717) is 17.1 Å². The number of likely N-dealkylation sites (N-methyl/N-ethyl adjacent to an activating group) is 1. The van der Waals surface area contributed by atoms with Crippen LogP contribution in [0.15, 0.2) is 30.5 Å². The molecule has 1 aromatic carbocycles. The molecule has 0 atom stereocenters. The van der Waals surface area contributed by atoms with Gasteiger partial charge in [0.2, 0.25) is 5.91 Å². The van der Waals surface area contributed by atoms with E-state index in [-0.39, 0.29) is 12.5 Å². The lowest BCUT2D eigenvalue weighted by atomic mass is 10.1. The Labute approximate surface area is 180 Å². The van der Waals surface area contributed by atoms with Crippen LogP contribution < -0.4 is 9.47 Å². The number of aromatic amines is 1. The molecule has 3 aromatic rings. The van der Waals surface area contributed by atoms with Gasteiger partial charge < -0.3 is 14.4 Å². The van der Waals surface area contributed by atoms with Crippen LogP contribution in [0.2, 0.25) is 0 Å². The number of carbonyl (C=O) groups is 1. The molecule has 2 heterocycles. The fraction of sp³-hybridized carbons (Fsp3) is 0.333. The Kier molecular flexibility index (Phi) is 6.51. The van der Waals surface area contributed by atoms with E-state index in [1.807, 2.05) is 38.1 Å². The van der Waals surface area contributed by atoms with Crippen molar-refractivity contribution in [3.8, 4) is 22.9 Å². The SMILES string of the molecule is COc1ccc(-c2n[nH]c(=S)n2CC(=O)N(C)Cc2ncc(C)c(OC)c2C)cc1. The van der Waals surface area contributed by atoms with Gasteiger partial charge in [-0.2, -0.15) is 5.10 Å². The van der Waals surface area contributed by atoms with Gasteiger partial charge >= 0.3 is 0 Å². The zero-order valence-electron chi connectivity index (χ0n) is 17.7. The monoisotopic (exact) mass is 427 g/mol. The minimum atomic E-state index is -0.108. The maximum atomic E-state index is 12.9. The molecular formula is C21H25N5O3S. The van der Waals surface area contributed by atoms with Crippen LogP contribution in [0, 0.1) is 18.6 Å². The molecular weight excluding hydrogens is 402 g/mol. The summed E-state index contributed by atoms with van der Waals surface area (Å²) in [7, 11) is 4.99. The number of aromatic nitrogens is 4. The van der Waals surface area contributed by atoms with Crippen molar-refractivity contribution in [1.82, 2.24) is 24.6 Å². The van der Waals surface area contributed by atoms with Gasteiger partial charge in [-0.05, 0) is 50.3 Å². The van der Waals surface area contributed by atoms with Gasteiger partial charge in [0.1, 0.15) is 18.0 Å². The van der Waals surface area contributed by atoms with Crippen molar-refractivity contribution in [1.29, 1.82) is 0 Å². The Morgan fingerprint density at radius 1 is 1.20 bits per heavy atom. The molecule has 1 N–H and O–H groups in total. The third-order valence-corrected chi connectivity index (χ3v) is 5.27.